The Hall–Kier alpha value is -1.31. The summed E-state index contributed by atoms with van der Waals surface area (Å²) >= 11 is 0. The van der Waals surface area contributed by atoms with Crippen LogP contribution in [0, 0.1) is 0 Å². The highest BCUT2D eigenvalue weighted by Gasteiger charge is 2.27. The Balaban J connectivity index is 0.00000132. The molecule has 0 radical (unpaired) electrons. The number of hydrogen-bond acceptors (Lipinski definition) is 4. The highest BCUT2D eigenvalue weighted by molar-refractivity contribution is 14.0. The maximum Gasteiger partial charge on any atom is 0.191 e. The minimum Gasteiger partial charge on any atom is -0.356 e. The van der Waals surface area contributed by atoms with Gasteiger partial charge in [0.25, 0.3) is 0 Å². The summed E-state index contributed by atoms with van der Waals surface area (Å²) in [4.78, 5) is 9.22. The van der Waals surface area contributed by atoms with Crippen LogP contribution in [0.4, 0.5) is 0 Å². The smallest absolute Gasteiger partial charge is 0.191 e. The molecule has 0 saturated heterocycles. The largest absolute Gasteiger partial charge is 0.356 e. The molecule has 1 aliphatic heterocycles. The van der Waals surface area contributed by atoms with E-state index in [9.17, 15) is 0 Å². The second-order valence-corrected chi connectivity index (χ2v) is 5.48. The minimum absolute atomic E-state index is 0. The summed E-state index contributed by atoms with van der Waals surface area (Å²) in [7, 11) is 0. The number of aliphatic imine (C=N–C) groups is 1. The number of halogens is 1. The van der Waals surface area contributed by atoms with Crippen molar-refractivity contribution < 1.29 is 0 Å². The number of hydrogen-bond donors (Lipinski definition) is 2. The fourth-order valence-electron chi connectivity index (χ4n) is 2.77. The van der Waals surface area contributed by atoms with Crippen molar-refractivity contribution in [2.24, 2.45) is 4.99 Å². The molecule has 112 valence electrons. The summed E-state index contributed by atoms with van der Waals surface area (Å²) in [6, 6.07) is 9.04. The van der Waals surface area contributed by atoms with Gasteiger partial charge in [0.05, 0.1) is 17.6 Å². The lowest BCUT2D eigenvalue weighted by atomic mass is 10.3. The first-order valence-electron chi connectivity index (χ1n) is 7.40. The van der Waals surface area contributed by atoms with Gasteiger partial charge >= 0.3 is 0 Å². The first kappa shape index (κ1) is 14.6. The van der Waals surface area contributed by atoms with Gasteiger partial charge in [0.1, 0.15) is 5.82 Å². The van der Waals surface area contributed by atoms with E-state index in [0.29, 0.717) is 6.04 Å². The molecule has 1 aliphatic carbocycles. The van der Waals surface area contributed by atoms with Crippen molar-refractivity contribution in [3.8, 4) is 0 Å². The lowest BCUT2D eigenvalue weighted by molar-refractivity contribution is 0.655. The maximum atomic E-state index is 4.78. The number of aromatic nitrogens is 2. The molecule has 2 aromatic rings. The first-order chi connectivity index (χ1) is 9.92. The first-order valence-corrected chi connectivity index (χ1v) is 7.40. The third kappa shape index (κ3) is 3.00. The second kappa shape index (κ2) is 6.21. The van der Waals surface area contributed by atoms with Crippen LogP contribution in [0.15, 0.2) is 29.3 Å². The van der Waals surface area contributed by atoms with Gasteiger partial charge in [-0.1, -0.05) is 12.1 Å². The second-order valence-electron chi connectivity index (χ2n) is 5.48. The molecule has 1 aromatic carbocycles. The van der Waals surface area contributed by atoms with Crippen molar-refractivity contribution in [2.45, 2.75) is 31.8 Å². The summed E-state index contributed by atoms with van der Waals surface area (Å²) in [6.45, 7) is 2.65. The van der Waals surface area contributed by atoms with E-state index in [1.807, 2.05) is 0 Å². The van der Waals surface area contributed by atoms with Crippen LogP contribution in [-0.4, -0.2) is 28.6 Å². The van der Waals surface area contributed by atoms with Gasteiger partial charge in [-0.2, -0.15) is 0 Å². The van der Waals surface area contributed by atoms with Crippen LogP contribution < -0.4 is 10.6 Å². The Bertz CT molecular complexity index is 659. The molecule has 2 heterocycles. The zero-order valence-corrected chi connectivity index (χ0v) is 14.2. The Kier molecular flexibility index (Phi) is 4.32. The predicted molar refractivity (Wildman–Crippen MR) is 95.2 cm³/mol. The van der Waals surface area contributed by atoms with Crippen molar-refractivity contribution in [1.82, 2.24) is 20.2 Å². The monoisotopic (exact) mass is 397 g/mol. The molecule has 0 atom stereocenters. The molecule has 1 saturated carbocycles. The average Bonchev–Trinajstić information content (AvgIpc) is 3.27. The normalized spacial score (nSPS) is 17.8. The zero-order valence-electron chi connectivity index (χ0n) is 11.9. The van der Waals surface area contributed by atoms with E-state index in [2.05, 4.69) is 44.5 Å². The van der Waals surface area contributed by atoms with E-state index >= 15 is 0 Å². The van der Waals surface area contributed by atoms with Crippen molar-refractivity contribution in [2.75, 3.05) is 13.1 Å². The molecule has 0 spiro atoms. The van der Waals surface area contributed by atoms with Crippen LogP contribution in [0.3, 0.4) is 0 Å². The van der Waals surface area contributed by atoms with Gasteiger partial charge in [-0.05, 0) is 31.4 Å². The fourth-order valence-corrected chi connectivity index (χ4v) is 2.77. The lowest BCUT2D eigenvalue weighted by Crippen LogP contribution is -2.40. The molecule has 0 amide bonds. The van der Waals surface area contributed by atoms with Crippen LogP contribution in [0.5, 0.6) is 0 Å². The van der Waals surface area contributed by atoms with E-state index in [1.54, 1.807) is 0 Å². The number of benzene rings is 1. The summed E-state index contributed by atoms with van der Waals surface area (Å²) in [5.74, 6) is 2.02. The van der Waals surface area contributed by atoms with Gasteiger partial charge in [0, 0.05) is 19.1 Å². The third-order valence-electron chi connectivity index (χ3n) is 3.89. The molecule has 4 rings (SSSR count). The highest BCUT2D eigenvalue weighted by Crippen LogP contribution is 2.38. The van der Waals surface area contributed by atoms with Crippen molar-refractivity contribution in [3.05, 3.63) is 30.1 Å². The molecular formula is C15H20IN5. The molecule has 2 aliphatic rings. The van der Waals surface area contributed by atoms with Gasteiger partial charge in [0.2, 0.25) is 0 Å². The molecule has 5 nitrogen and oxygen atoms in total. The fraction of sp³-hybridized carbons (Fsp3) is 0.467. The number of imidazole rings is 1. The number of nitrogens with one attached hydrogen (secondary N) is 2. The standard InChI is InChI=1S/C15H19N5.HI/c1-2-5-13-12(4-1)19-14(20(13)11-6-7-11)10-18-15-16-8-3-9-17-15;/h1-2,4-5,11H,3,6-10H2,(H2,16,17,18);1H. The topological polar surface area (TPSA) is 54.2 Å². The SMILES string of the molecule is I.c1ccc2c(c1)nc(CNC1=NCCCN1)n2C1CC1. The van der Waals surface area contributed by atoms with Crippen LogP contribution in [-0.2, 0) is 6.54 Å². The summed E-state index contributed by atoms with van der Waals surface area (Å²) < 4.78 is 2.39. The van der Waals surface area contributed by atoms with Crippen LogP contribution in [0.2, 0.25) is 0 Å². The van der Waals surface area contributed by atoms with Gasteiger partial charge in [-0.25, -0.2) is 4.98 Å². The third-order valence-corrected chi connectivity index (χ3v) is 3.89. The summed E-state index contributed by atoms with van der Waals surface area (Å²) in [5.41, 5.74) is 2.35. The average molecular weight is 397 g/mol. The number of para-hydroxylation sites is 2. The van der Waals surface area contributed by atoms with Crippen LogP contribution >= 0.6 is 24.0 Å². The summed E-state index contributed by atoms with van der Waals surface area (Å²) in [5, 5.41) is 6.67. The Morgan fingerprint density at radius 3 is 2.90 bits per heavy atom. The molecule has 1 fully saturated rings. The quantitative estimate of drug-likeness (QED) is 0.783. The van der Waals surface area contributed by atoms with Crippen LogP contribution in [0.25, 0.3) is 11.0 Å². The van der Waals surface area contributed by atoms with Gasteiger partial charge < -0.3 is 15.2 Å². The van der Waals surface area contributed by atoms with E-state index in [0.717, 1.165) is 43.4 Å². The van der Waals surface area contributed by atoms with E-state index in [1.165, 1.54) is 18.4 Å². The van der Waals surface area contributed by atoms with E-state index in [-0.39, 0.29) is 24.0 Å². The predicted octanol–water partition coefficient (Wildman–Crippen LogP) is 2.43. The molecule has 2 N–H and O–H groups in total. The number of guanidine groups is 1. The molecule has 21 heavy (non-hydrogen) atoms. The Morgan fingerprint density at radius 2 is 2.14 bits per heavy atom. The van der Waals surface area contributed by atoms with Crippen molar-refractivity contribution in [3.63, 3.8) is 0 Å². The maximum absolute atomic E-state index is 4.78. The zero-order chi connectivity index (χ0) is 13.4. The number of nitrogens with zero attached hydrogens (tertiary/aromatic N) is 3. The van der Waals surface area contributed by atoms with E-state index < -0.39 is 0 Å². The Labute approximate surface area is 141 Å². The van der Waals surface area contributed by atoms with Gasteiger partial charge in [-0.15, -0.1) is 24.0 Å². The Morgan fingerprint density at radius 1 is 1.29 bits per heavy atom. The van der Waals surface area contributed by atoms with Gasteiger partial charge in [-0.3, -0.25) is 4.99 Å². The number of rotatable bonds is 3. The van der Waals surface area contributed by atoms with E-state index in [4.69, 9.17) is 4.98 Å². The molecule has 0 unspecified atom stereocenters. The number of fused-ring (bicyclic) bond motifs is 1. The molecule has 6 heteroatoms. The lowest BCUT2D eigenvalue weighted by Gasteiger charge is -2.16. The highest BCUT2D eigenvalue weighted by atomic mass is 127. The molecule has 0 bridgehead atoms. The minimum atomic E-state index is 0. The van der Waals surface area contributed by atoms with Gasteiger partial charge in [0.15, 0.2) is 5.96 Å². The summed E-state index contributed by atoms with van der Waals surface area (Å²) in [6.07, 6.45) is 3.66. The van der Waals surface area contributed by atoms with Crippen molar-refractivity contribution in [1.29, 1.82) is 0 Å². The van der Waals surface area contributed by atoms with Crippen LogP contribution in [0.1, 0.15) is 31.1 Å². The van der Waals surface area contributed by atoms with Crippen molar-refractivity contribution >= 4 is 41.0 Å². The molecule has 1 aromatic heterocycles. The molecular weight excluding hydrogens is 377 g/mol.